The highest BCUT2D eigenvalue weighted by atomic mass is 31.2. The highest BCUT2D eigenvalue weighted by Gasteiger charge is 2.45. The van der Waals surface area contributed by atoms with Crippen molar-refractivity contribution in [3.05, 3.63) is 112 Å². The molecular weight excluding hydrogens is 747 g/mol. The minimum atomic E-state index is -1.53. The Kier molecular flexibility index (Phi) is 13.4. The number of imidazole rings is 1. The second-order valence-electron chi connectivity index (χ2n) is 14.7. The number of ether oxygens (including phenoxy) is 4. The van der Waals surface area contributed by atoms with E-state index in [1.54, 1.807) is 39.7 Å². The van der Waals surface area contributed by atoms with Crippen LogP contribution < -0.4 is 20.3 Å². The van der Waals surface area contributed by atoms with Crippen LogP contribution in [0.5, 0.6) is 11.5 Å². The van der Waals surface area contributed by atoms with Crippen molar-refractivity contribution < 1.29 is 32.8 Å². The zero-order valence-corrected chi connectivity index (χ0v) is 34.9. The summed E-state index contributed by atoms with van der Waals surface area (Å²) in [5, 5.41) is 2.70. The number of hydrogen-bond acceptors (Lipinski definition) is 11. The number of hydrogen-bond donors (Lipinski definition) is 2. The predicted molar refractivity (Wildman–Crippen MR) is 219 cm³/mol. The number of anilines is 1. The number of aromatic amines is 1. The van der Waals surface area contributed by atoms with Gasteiger partial charge in [0.2, 0.25) is 11.9 Å². The third-order valence-electron chi connectivity index (χ3n) is 9.96. The van der Waals surface area contributed by atoms with Crippen LogP contribution in [0, 0.1) is 5.92 Å². The SMILES string of the molecule is COc1ccc(C(OC[C@H]2O[C@@H](n3cnc4c(=O)[nH]c(NC(=O)C(C)C)nc43)C[C@@H]2OP(OC)N(C(C)C)C(C)C)(c2ccccc2)c2ccc(OC)cc2)cc1. The first-order valence-electron chi connectivity index (χ1n) is 19.1. The molecule has 0 spiro atoms. The molecule has 1 fully saturated rings. The number of nitrogens with zero attached hydrogens (tertiary/aromatic N) is 4. The van der Waals surface area contributed by atoms with Gasteiger partial charge in [0.1, 0.15) is 29.4 Å². The van der Waals surface area contributed by atoms with Crippen LogP contribution in [0.3, 0.4) is 0 Å². The van der Waals surface area contributed by atoms with E-state index in [1.165, 1.54) is 6.33 Å². The van der Waals surface area contributed by atoms with Crippen LogP contribution in [0.2, 0.25) is 0 Å². The van der Waals surface area contributed by atoms with Gasteiger partial charge in [0, 0.05) is 31.5 Å². The van der Waals surface area contributed by atoms with Crippen LogP contribution in [-0.4, -0.2) is 82.3 Å². The smallest absolute Gasteiger partial charge is 0.280 e. The lowest BCUT2D eigenvalue weighted by Crippen LogP contribution is -2.39. The Bertz CT molecular complexity index is 2090. The largest absolute Gasteiger partial charge is 0.497 e. The number of nitrogens with one attached hydrogen (secondary N) is 2. The summed E-state index contributed by atoms with van der Waals surface area (Å²) in [6.45, 7) is 12.0. The summed E-state index contributed by atoms with van der Waals surface area (Å²) in [5.41, 5.74) is 1.43. The second kappa shape index (κ2) is 18.3. The molecule has 0 aliphatic carbocycles. The van der Waals surface area contributed by atoms with E-state index in [0.717, 1.165) is 16.7 Å². The molecule has 304 valence electrons. The number of carbonyl (C=O) groups excluding carboxylic acids is 1. The number of H-pyrrole nitrogens is 1. The molecule has 57 heavy (non-hydrogen) atoms. The van der Waals surface area contributed by atoms with Gasteiger partial charge in [0.15, 0.2) is 11.2 Å². The fourth-order valence-corrected chi connectivity index (χ4v) is 8.74. The lowest BCUT2D eigenvalue weighted by molar-refractivity contribution is -0.118. The molecule has 0 bridgehead atoms. The predicted octanol–water partition coefficient (Wildman–Crippen LogP) is 7.40. The summed E-state index contributed by atoms with van der Waals surface area (Å²) in [6.07, 6.45) is 0.0704. The van der Waals surface area contributed by atoms with Crippen LogP contribution in [-0.2, 0) is 28.9 Å². The standard InChI is InChI=1S/C42H53N6O8P/c1-26(2)39(49)45-41-44-38-37(40(50)46-41)43-25-47(38)36-23-34(56-57(53-9)48(27(3)4)28(5)6)35(55-36)24-54-42(29-13-11-10-12-14-29,30-15-19-32(51-7)20-16-30)31-17-21-33(52-8)22-18-31/h10-22,25-28,34-36H,23-24H2,1-9H3,(H2,44,45,46,49,50)/t34-,35+,36+,57?/m0/s1. The maximum Gasteiger partial charge on any atom is 0.280 e. The number of benzene rings is 3. The molecule has 1 amide bonds. The fourth-order valence-electron chi connectivity index (χ4n) is 7.15. The Labute approximate surface area is 334 Å². The van der Waals surface area contributed by atoms with Gasteiger partial charge in [0.05, 0.1) is 33.3 Å². The van der Waals surface area contributed by atoms with Crippen molar-refractivity contribution in [2.75, 3.05) is 33.3 Å². The van der Waals surface area contributed by atoms with Gasteiger partial charge in [-0.15, -0.1) is 0 Å². The van der Waals surface area contributed by atoms with Gasteiger partial charge in [-0.25, -0.2) is 9.65 Å². The number of rotatable bonds is 17. The minimum Gasteiger partial charge on any atom is -0.497 e. The first kappa shape index (κ1) is 41.9. The molecule has 3 aromatic carbocycles. The summed E-state index contributed by atoms with van der Waals surface area (Å²) >= 11 is 0. The normalized spacial score (nSPS) is 17.9. The molecule has 2 aromatic heterocycles. The summed E-state index contributed by atoms with van der Waals surface area (Å²) in [6, 6.07) is 26.0. The van der Waals surface area contributed by atoms with Crippen molar-refractivity contribution in [2.45, 2.75) is 84.1 Å². The number of methoxy groups -OCH3 is 2. The number of aromatic nitrogens is 4. The van der Waals surface area contributed by atoms with Crippen molar-refractivity contribution in [1.82, 2.24) is 24.2 Å². The Morgan fingerprint density at radius 1 is 0.912 bits per heavy atom. The Morgan fingerprint density at radius 3 is 2.02 bits per heavy atom. The molecule has 14 nitrogen and oxygen atoms in total. The van der Waals surface area contributed by atoms with Crippen molar-refractivity contribution >= 4 is 31.5 Å². The van der Waals surface area contributed by atoms with Gasteiger partial charge in [-0.05, 0) is 68.7 Å². The Hall–Kier alpha value is -4.69. The van der Waals surface area contributed by atoms with Crippen LogP contribution >= 0.6 is 8.53 Å². The molecular formula is C42H53N6O8P. The average molecular weight is 801 g/mol. The lowest BCUT2D eigenvalue weighted by atomic mass is 9.80. The minimum absolute atomic E-state index is 0.0256. The van der Waals surface area contributed by atoms with E-state index in [2.05, 4.69) is 52.6 Å². The molecule has 1 saturated heterocycles. The van der Waals surface area contributed by atoms with Crippen LogP contribution in [0.1, 0.15) is 70.9 Å². The molecule has 6 rings (SSSR count). The number of amides is 1. The van der Waals surface area contributed by atoms with E-state index >= 15 is 0 Å². The van der Waals surface area contributed by atoms with Crippen molar-refractivity contribution in [3.63, 3.8) is 0 Å². The second-order valence-corrected chi connectivity index (χ2v) is 16.2. The van der Waals surface area contributed by atoms with Crippen molar-refractivity contribution in [2.24, 2.45) is 5.92 Å². The monoisotopic (exact) mass is 800 g/mol. The molecule has 4 atom stereocenters. The van der Waals surface area contributed by atoms with E-state index in [1.807, 2.05) is 78.9 Å². The van der Waals surface area contributed by atoms with Gasteiger partial charge in [-0.1, -0.05) is 68.4 Å². The van der Waals surface area contributed by atoms with E-state index in [9.17, 15) is 9.59 Å². The zero-order valence-electron chi connectivity index (χ0n) is 34.0. The van der Waals surface area contributed by atoms with Gasteiger partial charge in [0.25, 0.3) is 14.1 Å². The molecule has 3 heterocycles. The van der Waals surface area contributed by atoms with Crippen molar-refractivity contribution in [1.29, 1.82) is 0 Å². The summed E-state index contributed by atoms with van der Waals surface area (Å²) in [5.74, 6) is 0.849. The van der Waals surface area contributed by atoms with Gasteiger partial charge < -0.3 is 28.0 Å². The zero-order chi connectivity index (χ0) is 40.9. The van der Waals surface area contributed by atoms with Crippen LogP contribution in [0.4, 0.5) is 5.95 Å². The van der Waals surface area contributed by atoms with Gasteiger partial charge in [-0.2, -0.15) is 4.98 Å². The van der Waals surface area contributed by atoms with E-state index in [0.29, 0.717) is 17.9 Å². The van der Waals surface area contributed by atoms with Crippen molar-refractivity contribution in [3.8, 4) is 11.5 Å². The molecule has 0 radical (unpaired) electrons. The Balaban J connectivity index is 1.43. The maximum atomic E-state index is 13.1. The van der Waals surface area contributed by atoms with Crippen LogP contribution in [0.15, 0.2) is 90.0 Å². The summed E-state index contributed by atoms with van der Waals surface area (Å²) < 4.78 is 42.1. The maximum absolute atomic E-state index is 13.1. The van der Waals surface area contributed by atoms with Crippen LogP contribution in [0.25, 0.3) is 11.2 Å². The van der Waals surface area contributed by atoms with E-state index in [-0.39, 0.29) is 47.6 Å². The van der Waals surface area contributed by atoms with E-state index < -0.39 is 38.1 Å². The fraction of sp³-hybridized carbons (Fsp3) is 0.429. The number of carbonyl (C=O) groups is 1. The molecule has 2 N–H and O–H groups in total. The highest BCUT2D eigenvalue weighted by molar-refractivity contribution is 7.44. The molecule has 1 unspecified atom stereocenters. The van der Waals surface area contributed by atoms with Gasteiger partial charge >= 0.3 is 0 Å². The highest BCUT2D eigenvalue weighted by Crippen LogP contribution is 2.50. The average Bonchev–Trinajstić information content (AvgIpc) is 3.82. The number of fused-ring (bicyclic) bond motifs is 1. The molecule has 15 heteroatoms. The quantitative estimate of drug-likeness (QED) is 0.0715. The molecule has 0 saturated carbocycles. The summed E-state index contributed by atoms with van der Waals surface area (Å²) in [4.78, 5) is 37.3. The summed E-state index contributed by atoms with van der Waals surface area (Å²) in [7, 11) is 3.40. The molecule has 1 aliphatic heterocycles. The first-order valence-corrected chi connectivity index (χ1v) is 20.2. The van der Waals surface area contributed by atoms with E-state index in [4.69, 9.17) is 28.0 Å². The third kappa shape index (κ3) is 8.91. The lowest BCUT2D eigenvalue weighted by Gasteiger charge is -2.38. The topological polar surface area (TPSA) is 151 Å². The third-order valence-corrected chi connectivity index (χ3v) is 12.0. The molecule has 5 aromatic rings. The first-order chi connectivity index (χ1) is 27.4. The molecule has 1 aliphatic rings. The van der Waals surface area contributed by atoms with Gasteiger partial charge in [-0.3, -0.25) is 24.5 Å². The Morgan fingerprint density at radius 2 is 1.49 bits per heavy atom.